The van der Waals surface area contributed by atoms with Gasteiger partial charge in [-0.25, -0.2) is 9.07 Å². The van der Waals surface area contributed by atoms with Crippen LogP contribution in [-0.2, 0) is 11.2 Å². The van der Waals surface area contributed by atoms with Crippen LogP contribution in [-0.4, -0.2) is 51.3 Å². The summed E-state index contributed by atoms with van der Waals surface area (Å²) in [7, 11) is 0. The van der Waals surface area contributed by atoms with Crippen molar-refractivity contribution in [3.63, 3.8) is 0 Å². The lowest BCUT2D eigenvalue weighted by molar-refractivity contribution is -0.123. The van der Waals surface area contributed by atoms with Crippen molar-refractivity contribution >= 4 is 29.1 Å². The highest BCUT2D eigenvalue weighted by atomic mass is 35.5. The summed E-state index contributed by atoms with van der Waals surface area (Å²) in [5.41, 5.74) is 8.40. The van der Waals surface area contributed by atoms with E-state index in [1.54, 1.807) is 6.92 Å². The van der Waals surface area contributed by atoms with Gasteiger partial charge in [0.15, 0.2) is 5.69 Å². The van der Waals surface area contributed by atoms with Crippen LogP contribution < -0.4 is 11.1 Å². The van der Waals surface area contributed by atoms with E-state index >= 15 is 0 Å². The highest BCUT2D eigenvalue weighted by Crippen LogP contribution is 2.21. The van der Waals surface area contributed by atoms with Gasteiger partial charge in [-0.1, -0.05) is 28.9 Å². The number of aromatic nitrogens is 3. The molecule has 2 heterocycles. The molecule has 10 heteroatoms. The molecule has 8 nitrogen and oxygen atoms in total. The second-order valence-corrected chi connectivity index (χ2v) is 8.86. The normalized spacial score (nSPS) is 14.8. The molecule has 1 aromatic heterocycles. The zero-order chi connectivity index (χ0) is 24.2. The minimum atomic E-state index is -0.530. The zero-order valence-electron chi connectivity index (χ0n) is 18.8. The van der Waals surface area contributed by atoms with Crippen LogP contribution in [0.15, 0.2) is 42.5 Å². The van der Waals surface area contributed by atoms with Crippen LogP contribution in [0.2, 0.25) is 5.02 Å². The molecule has 0 atom stereocenters. The summed E-state index contributed by atoms with van der Waals surface area (Å²) in [5, 5.41) is 10.8. The Balaban J connectivity index is 1.33. The Kier molecular flexibility index (Phi) is 7.23. The van der Waals surface area contributed by atoms with Crippen molar-refractivity contribution in [3.05, 3.63) is 70.3 Å². The first kappa shape index (κ1) is 23.8. The topological polar surface area (TPSA) is 106 Å². The predicted octanol–water partition coefficient (Wildman–Crippen LogP) is 3.36. The lowest BCUT2D eigenvalue weighted by Gasteiger charge is -2.30. The maximum atomic E-state index is 13.4. The minimum absolute atomic E-state index is 0.00197. The fraction of sp³-hybridized carbons (Fsp3) is 0.333. The number of amides is 2. The summed E-state index contributed by atoms with van der Waals surface area (Å²) < 4.78 is 14.9. The van der Waals surface area contributed by atoms with E-state index in [1.165, 1.54) is 22.9 Å². The molecule has 0 radical (unpaired) electrons. The number of hydrogen-bond donors (Lipinski definition) is 2. The number of nitrogens with zero attached hydrogens (tertiary/aromatic N) is 4. The lowest BCUT2D eigenvalue weighted by atomic mass is 9.96. The quantitative estimate of drug-likeness (QED) is 0.535. The third-order valence-corrected chi connectivity index (χ3v) is 6.47. The highest BCUT2D eigenvalue weighted by Gasteiger charge is 2.23. The van der Waals surface area contributed by atoms with E-state index in [2.05, 4.69) is 20.5 Å². The Bertz CT molecular complexity index is 1190. The molecule has 3 aromatic rings. The molecule has 178 valence electrons. The van der Waals surface area contributed by atoms with Crippen LogP contribution in [0.3, 0.4) is 0 Å². The van der Waals surface area contributed by atoms with Gasteiger partial charge in [0.25, 0.3) is 5.91 Å². The molecule has 1 saturated heterocycles. The Morgan fingerprint density at radius 2 is 1.88 bits per heavy atom. The van der Waals surface area contributed by atoms with Gasteiger partial charge < -0.3 is 16.0 Å². The second-order valence-electron chi connectivity index (χ2n) is 8.45. The van der Waals surface area contributed by atoms with Crippen molar-refractivity contribution in [3.8, 4) is 5.69 Å². The van der Waals surface area contributed by atoms with Crippen molar-refractivity contribution in [1.82, 2.24) is 19.9 Å². The first-order chi connectivity index (χ1) is 16.3. The number of hydrogen-bond acceptors (Lipinski definition) is 5. The molecule has 2 amide bonds. The van der Waals surface area contributed by atoms with Crippen LogP contribution >= 0.6 is 11.6 Å². The molecular weight excluding hydrogens is 459 g/mol. The van der Waals surface area contributed by atoms with Crippen LogP contribution in [0.1, 0.15) is 34.6 Å². The molecule has 0 saturated carbocycles. The number of rotatable bonds is 7. The molecule has 0 unspecified atom stereocenters. The number of carbonyl (C=O) groups excluding carboxylic acids is 2. The Labute approximate surface area is 201 Å². The van der Waals surface area contributed by atoms with Crippen LogP contribution in [0.5, 0.6) is 0 Å². The van der Waals surface area contributed by atoms with Crippen molar-refractivity contribution < 1.29 is 14.0 Å². The number of halogens is 2. The molecule has 0 aliphatic carbocycles. The Hall–Kier alpha value is -3.30. The first-order valence-corrected chi connectivity index (χ1v) is 11.5. The number of benzene rings is 2. The minimum Gasteiger partial charge on any atom is -0.369 e. The van der Waals surface area contributed by atoms with Gasteiger partial charge in [-0.2, -0.15) is 0 Å². The third kappa shape index (κ3) is 5.43. The van der Waals surface area contributed by atoms with E-state index in [9.17, 15) is 14.0 Å². The van der Waals surface area contributed by atoms with Gasteiger partial charge in [0.2, 0.25) is 5.91 Å². The first-order valence-electron chi connectivity index (χ1n) is 11.1. The van der Waals surface area contributed by atoms with Gasteiger partial charge >= 0.3 is 0 Å². The summed E-state index contributed by atoms with van der Waals surface area (Å²) in [6, 6.07) is 11.9. The number of piperidine rings is 1. The SMILES string of the molecule is Cc1c(C(=O)Nc2ccc(CCN3CCC(C(N)=O)CC3)cc2)nnn1-c1ccc(F)c(Cl)c1. The molecule has 2 aromatic carbocycles. The van der Waals surface area contributed by atoms with E-state index in [4.69, 9.17) is 17.3 Å². The molecule has 4 rings (SSSR count). The number of primary amides is 1. The van der Waals surface area contributed by atoms with Crippen molar-refractivity contribution in [2.45, 2.75) is 26.2 Å². The Morgan fingerprint density at radius 3 is 2.53 bits per heavy atom. The molecule has 34 heavy (non-hydrogen) atoms. The zero-order valence-corrected chi connectivity index (χ0v) is 19.6. The summed E-state index contributed by atoms with van der Waals surface area (Å²) in [4.78, 5) is 26.4. The average Bonchev–Trinajstić information content (AvgIpc) is 3.22. The van der Waals surface area contributed by atoms with Crippen LogP contribution in [0.4, 0.5) is 10.1 Å². The smallest absolute Gasteiger partial charge is 0.278 e. The molecule has 3 N–H and O–H groups in total. The summed E-state index contributed by atoms with van der Waals surface area (Å²) >= 11 is 5.85. The van der Waals surface area contributed by atoms with Gasteiger partial charge in [0.05, 0.1) is 16.4 Å². The number of nitrogens with two attached hydrogens (primary N) is 1. The monoisotopic (exact) mass is 484 g/mol. The van der Waals surface area contributed by atoms with Crippen LogP contribution in [0.25, 0.3) is 5.69 Å². The molecule has 0 bridgehead atoms. The van der Waals surface area contributed by atoms with Gasteiger partial charge in [0, 0.05) is 18.2 Å². The number of nitrogens with one attached hydrogen (secondary N) is 1. The number of likely N-dealkylation sites (tertiary alicyclic amines) is 1. The maximum absolute atomic E-state index is 13.4. The van der Waals surface area contributed by atoms with Gasteiger partial charge in [-0.15, -0.1) is 5.10 Å². The molecular formula is C24H26ClFN6O2. The second kappa shape index (κ2) is 10.3. The molecule has 1 aliphatic heterocycles. The van der Waals surface area contributed by atoms with E-state index < -0.39 is 5.82 Å². The summed E-state index contributed by atoms with van der Waals surface area (Å²) in [5.74, 6) is -1.12. The Morgan fingerprint density at radius 1 is 1.18 bits per heavy atom. The largest absolute Gasteiger partial charge is 0.369 e. The van der Waals surface area contributed by atoms with Gasteiger partial charge in [-0.3, -0.25) is 9.59 Å². The van der Waals surface area contributed by atoms with Crippen molar-refractivity contribution in [2.75, 3.05) is 25.0 Å². The van der Waals surface area contributed by atoms with Gasteiger partial charge in [0.1, 0.15) is 5.82 Å². The summed E-state index contributed by atoms with van der Waals surface area (Å²) in [6.07, 6.45) is 2.51. The fourth-order valence-electron chi connectivity index (χ4n) is 4.07. The number of carbonyl (C=O) groups is 2. The summed E-state index contributed by atoms with van der Waals surface area (Å²) in [6.45, 7) is 4.38. The van der Waals surface area contributed by atoms with E-state index in [-0.39, 0.29) is 28.4 Å². The maximum Gasteiger partial charge on any atom is 0.278 e. The van der Waals surface area contributed by atoms with E-state index in [0.717, 1.165) is 44.5 Å². The molecule has 1 aliphatic rings. The van der Waals surface area contributed by atoms with Crippen LogP contribution in [0, 0.1) is 18.7 Å². The fourth-order valence-corrected chi connectivity index (χ4v) is 4.25. The molecule has 1 fully saturated rings. The predicted molar refractivity (Wildman–Crippen MR) is 128 cm³/mol. The molecule has 0 spiro atoms. The number of anilines is 1. The van der Waals surface area contributed by atoms with E-state index in [0.29, 0.717) is 17.1 Å². The van der Waals surface area contributed by atoms with Gasteiger partial charge in [-0.05, 0) is 75.2 Å². The van der Waals surface area contributed by atoms with E-state index in [1.807, 2.05) is 24.3 Å². The average molecular weight is 485 g/mol. The van der Waals surface area contributed by atoms with Crippen molar-refractivity contribution in [2.24, 2.45) is 11.7 Å². The standard InChI is InChI=1S/C24H26ClFN6O2/c1-15-22(29-30-32(15)19-6-7-21(26)20(25)14-19)24(34)28-18-4-2-16(3-5-18)8-11-31-12-9-17(10-13-31)23(27)33/h2-7,14,17H,8-13H2,1H3,(H2,27,33)(H,28,34). The highest BCUT2D eigenvalue weighted by molar-refractivity contribution is 6.30. The van der Waals surface area contributed by atoms with Crippen molar-refractivity contribution in [1.29, 1.82) is 0 Å². The lowest BCUT2D eigenvalue weighted by Crippen LogP contribution is -2.39. The third-order valence-electron chi connectivity index (χ3n) is 6.18.